The number of rotatable bonds is 7. The zero-order chi connectivity index (χ0) is 22.5. The molecule has 31 heavy (non-hydrogen) atoms. The second-order valence-corrected chi connectivity index (χ2v) is 8.13. The van der Waals surface area contributed by atoms with E-state index >= 15 is 0 Å². The maximum absolute atomic E-state index is 13.1. The minimum atomic E-state index is -0.544. The molecule has 1 heterocycles. The van der Waals surface area contributed by atoms with Crippen LogP contribution in [0.4, 0.5) is 9.18 Å². The number of nitrogens with zero attached hydrogens (tertiary/aromatic N) is 1. The number of hydrogen-bond acceptors (Lipinski definition) is 7. The number of carbonyl (C=O) groups excluding carboxylic acids is 3. The molecule has 1 fully saturated rings. The highest BCUT2D eigenvalue weighted by Crippen LogP contribution is 2.38. The molecular weight excluding hydrogens is 493 g/mol. The van der Waals surface area contributed by atoms with Gasteiger partial charge in [0.25, 0.3) is 11.1 Å². The van der Waals surface area contributed by atoms with Crippen LogP contribution in [0.25, 0.3) is 6.08 Å². The van der Waals surface area contributed by atoms with Crippen molar-refractivity contribution in [3.05, 3.63) is 62.7 Å². The summed E-state index contributed by atoms with van der Waals surface area (Å²) in [5, 5.41) is -0.415. The third-order valence-corrected chi connectivity index (χ3v) is 5.86. The van der Waals surface area contributed by atoms with Crippen molar-refractivity contribution in [2.24, 2.45) is 0 Å². The van der Waals surface area contributed by atoms with Gasteiger partial charge in [-0.05, 0) is 53.2 Å². The van der Waals surface area contributed by atoms with E-state index in [9.17, 15) is 18.8 Å². The number of methoxy groups -OCH3 is 2. The molecule has 1 aliphatic heterocycles. The molecule has 2 aromatic rings. The van der Waals surface area contributed by atoms with Crippen LogP contribution in [-0.4, -0.2) is 42.8 Å². The molecule has 0 bridgehead atoms. The van der Waals surface area contributed by atoms with Crippen LogP contribution in [0.15, 0.2) is 45.8 Å². The topological polar surface area (TPSA) is 82.1 Å². The molecule has 7 nitrogen and oxygen atoms in total. The van der Waals surface area contributed by atoms with Crippen LogP contribution in [0.1, 0.15) is 11.1 Å². The van der Waals surface area contributed by atoms with Gasteiger partial charge in [-0.3, -0.25) is 14.5 Å². The predicted octanol–water partition coefficient (Wildman–Crippen LogP) is 4.39. The van der Waals surface area contributed by atoms with E-state index in [2.05, 4.69) is 20.7 Å². The van der Waals surface area contributed by atoms with Gasteiger partial charge in [0.05, 0.1) is 25.7 Å². The Labute approximate surface area is 190 Å². The average Bonchev–Trinajstić information content (AvgIpc) is 3.02. The first-order valence-electron chi connectivity index (χ1n) is 8.89. The Morgan fingerprint density at radius 1 is 1.16 bits per heavy atom. The number of amides is 2. The Morgan fingerprint density at radius 2 is 1.87 bits per heavy atom. The highest BCUT2D eigenvalue weighted by atomic mass is 79.9. The summed E-state index contributed by atoms with van der Waals surface area (Å²) in [6.45, 7) is -0.242. The third-order valence-electron chi connectivity index (χ3n) is 4.27. The van der Waals surface area contributed by atoms with Gasteiger partial charge in [0.15, 0.2) is 18.1 Å². The smallest absolute Gasteiger partial charge is 0.343 e. The van der Waals surface area contributed by atoms with E-state index in [4.69, 9.17) is 9.47 Å². The van der Waals surface area contributed by atoms with E-state index in [1.807, 2.05) is 0 Å². The molecule has 0 N–H and O–H groups in total. The Hall–Kier alpha value is -2.85. The van der Waals surface area contributed by atoms with Gasteiger partial charge in [0.2, 0.25) is 0 Å². The fourth-order valence-electron chi connectivity index (χ4n) is 2.68. The lowest BCUT2D eigenvalue weighted by Crippen LogP contribution is -2.27. The van der Waals surface area contributed by atoms with Crippen molar-refractivity contribution in [1.82, 2.24) is 4.90 Å². The summed E-state index contributed by atoms with van der Waals surface area (Å²) in [5.74, 6) is -0.742. The van der Waals surface area contributed by atoms with Gasteiger partial charge in [-0.25, -0.2) is 9.18 Å². The Kier molecular flexibility index (Phi) is 7.34. The van der Waals surface area contributed by atoms with Crippen molar-refractivity contribution in [3.63, 3.8) is 0 Å². The van der Waals surface area contributed by atoms with E-state index in [0.717, 1.165) is 16.7 Å². The molecule has 0 saturated carbocycles. The standard InChI is InChI=1S/C21H17BrFNO6S/c1-28-16-7-13(15(22)9-17(16)30-11-19(25)29-2)8-18-20(26)24(21(27)31-18)10-12-3-5-14(23)6-4-12/h3-9H,10-11H2,1-2H3. The van der Waals surface area contributed by atoms with Gasteiger partial charge in [-0.2, -0.15) is 0 Å². The molecular formula is C21H17BrFNO6S. The maximum Gasteiger partial charge on any atom is 0.343 e. The summed E-state index contributed by atoms with van der Waals surface area (Å²) in [6, 6.07) is 8.81. The lowest BCUT2D eigenvalue weighted by atomic mass is 10.1. The fraction of sp³-hybridized carbons (Fsp3) is 0.190. The first kappa shape index (κ1) is 22.8. The zero-order valence-corrected chi connectivity index (χ0v) is 18.9. The molecule has 2 aromatic carbocycles. The first-order chi connectivity index (χ1) is 14.8. The normalized spacial score (nSPS) is 14.8. The van der Waals surface area contributed by atoms with E-state index < -0.39 is 22.9 Å². The van der Waals surface area contributed by atoms with Gasteiger partial charge in [0, 0.05) is 4.47 Å². The van der Waals surface area contributed by atoms with Crippen molar-refractivity contribution < 1.29 is 33.0 Å². The lowest BCUT2D eigenvalue weighted by molar-refractivity contribution is -0.142. The zero-order valence-electron chi connectivity index (χ0n) is 16.5. The van der Waals surface area contributed by atoms with Crippen LogP contribution in [-0.2, 0) is 20.9 Å². The van der Waals surface area contributed by atoms with Gasteiger partial charge < -0.3 is 14.2 Å². The van der Waals surface area contributed by atoms with Crippen LogP contribution in [0.2, 0.25) is 0 Å². The molecule has 0 radical (unpaired) electrons. The molecule has 1 saturated heterocycles. The summed E-state index contributed by atoms with van der Waals surface area (Å²) in [6.07, 6.45) is 1.56. The predicted molar refractivity (Wildman–Crippen MR) is 116 cm³/mol. The molecule has 1 aliphatic rings. The van der Waals surface area contributed by atoms with Gasteiger partial charge >= 0.3 is 5.97 Å². The van der Waals surface area contributed by atoms with Gasteiger partial charge in [-0.1, -0.05) is 28.1 Å². The Morgan fingerprint density at radius 3 is 2.52 bits per heavy atom. The number of benzene rings is 2. The molecule has 0 unspecified atom stereocenters. The number of imide groups is 1. The largest absolute Gasteiger partial charge is 0.493 e. The summed E-state index contributed by atoms with van der Waals surface area (Å²) in [4.78, 5) is 37.7. The quantitative estimate of drug-likeness (QED) is 0.404. The second-order valence-electron chi connectivity index (χ2n) is 6.28. The van der Waals surface area contributed by atoms with Crippen LogP contribution in [0, 0.1) is 5.82 Å². The van der Waals surface area contributed by atoms with Crippen molar-refractivity contribution >= 4 is 50.9 Å². The molecule has 0 spiro atoms. The molecule has 3 rings (SSSR count). The monoisotopic (exact) mass is 509 g/mol. The molecule has 2 amide bonds. The number of ether oxygens (including phenoxy) is 3. The maximum atomic E-state index is 13.1. The lowest BCUT2D eigenvalue weighted by Gasteiger charge is -2.13. The van der Waals surface area contributed by atoms with E-state index in [1.165, 1.54) is 38.5 Å². The fourth-order valence-corrected chi connectivity index (χ4v) is 3.95. The Balaban J connectivity index is 1.82. The molecule has 162 valence electrons. The molecule has 0 aromatic heterocycles. The SMILES string of the molecule is COC(=O)COc1cc(Br)c(C=C2SC(=O)N(Cc3ccc(F)cc3)C2=O)cc1OC. The summed E-state index contributed by atoms with van der Waals surface area (Å²) in [7, 11) is 2.69. The van der Waals surface area contributed by atoms with Crippen molar-refractivity contribution in [1.29, 1.82) is 0 Å². The summed E-state index contributed by atoms with van der Waals surface area (Å²) in [5.41, 5.74) is 1.22. The number of halogens is 2. The molecule has 0 atom stereocenters. The minimum Gasteiger partial charge on any atom is -0.493 e. The first-order valence-corrected chi connectivity index (χ1v) is 10.5. The number of hydrogen-bond donors (Lipinski definition) is 0. The summed E-state index contributed by atoms with van der Waals surface area (Å²) < 4.78 is 28.9. The highest BCUT2D eigenvalue weighted by Gasteiger charge is 2.35. The second kappa shape index (κ2) is 9.97. The number of esters is 1. The van der Waals surface area contributed by atoms with Crippen molar-refractivity contribution in [2.45, 2.75) is 6.54 Å². The van der Waals surface area contributed by atoms with Crippen molar-refractivity contribution in [3.8, 4) is 11.5 Å². The highest BCUT2D eigenvalue weighted by molar-refractivity contribution is 9.10. The Bertz CT molecular complexity index is 1060. The van der Waals surface area contributed by atoms with Crippen LogP contribution < -0.4 is 9.47 Å². The minimum absolute atomic E-state index is 0.0487. The van der Waals surface area contributed by atoms with Gasteiger partial charge in [0.1, 0.15) is 5.82 Å². The number of thioether (sulfide) groups is 1. The summed E-state index contributed by atoms with van der Waals surface area (Å²) >= 11 is 4.21. The third kappa shape index (κ3) is 5.45. The van der Waals surface area contributed by atoms with Crippen LogP contribution in [0.5, 0.6) is 11.5 Å². The van der Waals surface area contributed by atoms with E-state index in [-0.39, 0.29) is 18.1 Å². The van der Waals surface area contributed by atoms with E-state index in [0.29, 0.717) is 27.1 Å². The molecule has 10 heteroatoms. The van der Waals surface area contributed by atoms with Crippen molar-refractivity contribution in [2.75, 3.05) is 20.8 Å². The van der Waals surface area contributed by atoms with Gasteiger partial charge in [-0.15, -0.1) is 0 Å². The average molecular weight is 510 g/mol. The number of carbonyl (C=O) groups is 3. The molecule has 0 aliphatic carbocycles. The van der Waals surface area contributed by atoms with Crippen LogP contribution in [0.3, 0.4) is 0 Å². The van der Waals surface area contributed by atoms with E-state index in [1.54, 1.807) is 18.2 Å². The van der Waals surface area contributed by atoms with Crippen LogP contribution >= 0.6 is 27.7 Å².